The number of ether oxygens (including phenoxy) is 4. The monoisotopic (exact) mass is 644 g/mol. The number of rotatable bonds is 13. The Hall–Kier alpha value is -1.70. The lowest BCUT2D eigenvalue weighted by Crippen LogP contribution is -2.66. The molecular formula is C13H6F22O4. The first-order valence-electron chi connectivity index (χ1n) is 8.29. The maximum absolute atomic E-state index is 13.7. The third-order valence-corrected chi connectivity index (χ3v) is 3.41. The SMILES string of the molecule is CC(F)(F)OC(F)(F)C(F)(OC(F)(F)C(F)(F)OC(F)(F)C(F)(F)C(F)(F)OC(F)(F)C(C)(F)F)C(F)(F)F. The first-order chi connectivity index (χ1) is 16.3. The quantitative estimate of drug-likeness (QED) is 0.193. The van der Waals surface area contributed by atoms with Gasteiger partial charge in [-0.2, -0.15) is 96.6 Å². The Balaban J connectivity index is 6.52. The Kier molecular flexibility index (Phi) is 9.27. The summed E-state index contributed by atoms with van der Waals surface area (Å²) in [5, 5.41) is 0. The summed E-state index contributed by atoms with van der Waals surface area (Å²) >= 11 is 0. The molecule has 1 atom stereocenters. The van der Waals surface area contributed by atoms with Gasteiger partial charge < -0.3 is 0 Å². The highest BCUT2D eigenvalue weighted by molar-refractivity contribution is 4.92. The lowest BCUT2D eigenvalue weighted by atomic mass is 10.2. The first-order valence-corrected chi connectivity index (χ1v) is 8.29. The van der Waals surface area contributed by atoms with Crippen molar-refractivity contribution in [3.8, 4) is 0 Å². The minimum atomic E-state index is -8.21. The normalized spacial score (nSPS) is 17.8. The molecule has 0 saturated heterocycles. The van der Waals surface area contributed by atoms with Gasteiger partial charge in [-0.05, 0) is 0 Å². The molecule has 4 nitrogen and oxygen atoms in total. The maximum Gasteiger partial charge on any atom is 0.458 e. The van der Waals surface area contributed by atoms with Gasteiger partial charge in [-0.25, -0.2) is 9.47 Å². The van der Waals surface area contributed by atoms with Gasteiger partial charge in [-0.15, -0.1) is 0 Å². The Morgan fingerprint density at radius 3 is 0.923 bits per heavy atom. The van der Waals surface area contributed by atoms with Gasteiger partial charge in [0.25, 0.3) is 0 Å². The highest BCUT2D eigenvalue weighted by Gasteiger charge is 2.84. The Morgan fingerprint density at radius 1 is 0.333 bits per heavy atom. The second kappa shape index (κ2) is 9.70. The van der Waals surface area contributed by atoms with Gasteiger partial charge in [-0.3, -0.25) is 9.47 Å². The van der Waals surface area contributed by atoms with Crippen molar-refractivity contribution in [3.63, 3.8) is 0 Å². The van der Waals surface area contributed by atoms with E-state index in [0.29, 0.717) is 0 Å². The van der Waals surface area contributed by atoms with E-state index in [1.807, 2.05) is 4.74 Å². The third kappa shape index (κ3) is 7.34. The molecule has 0 rings (SSSR count). The van der Waals surface area contributed by atoms with E-state index >= 15 is 0 Å². The topological polar surface area (TPSA) is 36.9 Å². The summed E-state index contributed by atoms with van der Waals surface area (Å²) in [6.07, 6.45) is -60.2. The van der Waals surface area contributed by atoms with Crippen LogP contribution in [0.3, 0.4) is 0 Å². The molecule has 0 saturated carbocycles. The minimum Gasteiger partial charge on any atom is -0.260 e. The summed E-state index contributed by atoms with van der Waals surface area (Å²) in [6, 6.07) is 0. The summed E-state index contributed by atoms with van der Waals surface area (Å²) < 4.78 is 292. The molecule has 0 aromatic carbocycles. The van der Waals surface area contributed by atoms with Crippen LogP contribution in [0.1, 0.15) is 13.8 Å². The maximum atomic E-state index is 13.7. The van der Waals surface area contributed by atoms with E-state index in [1.165, 1.54) is 9.47 Å². The number of hydrogen-bond donors (Lipinski definition) is 0. The third-order valence-electron chi connectivity index (χ3n) is 3.41. The van der Waals surface area contributed by atoms with Crippen molar-refractivity contribution >= 4 is 0 Å². The van der Waals surface area contributed by atoms with Gasteiger partial charge in [0.15, 0.2) is 0 Å². The molecule has 0 aliphatic rings. The fourth-order valence-electron chi connectivity index (χ4n) is 1.58. The van der Waals surface area contributed by atoms with Crippen molar-refractivity contribution < 1.29 is 116 Å². The molecular weight excluding hydrogens is 638 g/mol. The van der Waals surface area contributed by atoms with Gasteiger partial charge >= 0.3 is 66.6 Å². The molecule has 1 unspecified atom stereocenters. The number of halogens is 22. The summed E-state index contributed by atoms with van der Waals surface area (Å²) in [4.78, 5) is 0. The second-order valence-electron chi connectivity index (χ2n) is 6.87. The van der Waals surface area contributed by atoms with Crippen LogP contribution in [0.2, 0.25) is 0 Å². The molecule has 0 N–H and O–H groups in total. The van der Waals surface area contributed by atoms with Crippen LogP contribution in [0.5, 0.6) is 0 Å². The molecule has 0 fully saturated rings. The van der Waals surface area contributed by atoms with Gasteiger partial charge in [0, 0.05) is 13.8 Å². The lowest BCUT2D eigenvalue weighted by molar-refractivity contribution is -0.578. The molecule has 0 aromatic heterocycles. The molecule has 26 heteroatoms. The second-order valence-corrected chi connectivity index (χ2v) is 6.87. The summed E-state index contributed by atoms with van der Waals surface area (Å²) in [7, 11) is 0. The lowest BCUT2D eigenvalue weighted by Gasteiger charge is -2.39. The fourth-order valence-corrected chi connectivity index (χ4v) is 1.58. The van der Waals surface area contributed by atoms with Gasteiger partial charge in [0.2, 0.25) is 0 Å². The van der Waals surface area contributed by atoms with E-state index in [0.717, 1.165) is 4.74 Å². The number of hydrogen-bond acceptors (Lipinski definition) is 4. The average molecular weight is 644 g/mol. The van der Waals surface area contributed by atoms with Crippen molar-refractivity contribution in [1.29, 1.82) is 0 Å². The molecule has 0 heterocycles. The van der Waals surface area contributed by atoms with E-state index in [4.69, 9.17) is 0 Å². The zero-order chi connectivity index (χ0) is 32.3. The van der Waals surface area contributed by atoms with Crippen LogP contribution in [-0.4, -0.2) is 66.6 Å². The van der Waals surface area contributed by atoms with Crippen LogP contribution in [0.25, 0.3) is 0 Å². The van der Waals surface area contributed by atoms with Crippen LogP contribution < -0.4 is 0 Å². The highest BCUT2D eigenvalue weighted by Crippen LogP contribution is 2.56. The van der Waals surface area contributed by atoms with Crippen LogP contribution in [0.4, 0.5) is 96.6 Å². The number of alkyl halides is 22. The van der Waals surface area contributed by atoms with Crippen molar-refractivity contribution in [2.75, 3.05) is 0 Å². The summed E-state index contributed by atoms with van der Waals surface area (Å²) in [6.45, 7) is -2.00. The first kappa shape index (κ1) is 37.3. The van der Waals surface area contributed by atoms with Gasteiger partial charge in [0.1, 0.15) is 0 Å². The molecule has 0 aliphatic heterocycles. The van der Waals surface area contributed by atoms with Gasteiger partial charge in [-0.1, -0.05) is 0 Å². The minimum absolute atomic E-state index is 0.934. The smallest absolute Gasteiger partial charge is 0.260 e. The van der Waals surface area contributed by atoms with Crippen LogP contribution in [-0.2, 0) is 18.9 Å². The standard InChI is InChI=1S/C13H6F22O4/c1-3(14,15)8(24,25)38-9(26,27)5(18,19)10(28,29)39-13(34,35)12(32,33)37-6(20,7(21,22)23)11(30,31)36-4(2,16)17/h1-2H3. The molecule has 0 aliphatic carbocycles. The molecule has 0 bridgehead atoms. The summed E-state index contributed by atoms with van der Waals surface area (Å²) in [5.41, 5.74) is 0. The average Bonchev–Trinajstić information content (AvgIpc) is 2.54. The van der Waals surface area contributed by atoms with Crippen molar-refractivity contribution in [2.45, 2.75) is 80.5 Å². The van der Waals surface area contributed by atoms with Gasteiger partial charge in [0.05, 0.1) is 0 Å². The van der Waals surface area contributed by atoms with E-state index < -0.39 is 80.5 Å². The van der Waals surface area contributed by atoms with Crippen molar-refractivity contribution in [1.82, 2.24) is 0 Å². The molecule has 0 amide bonds. The highest BCUT2D eigenvalue weighted by atomic mass is 19.4. The van der Waals surface area contributed by atoms with Crippen LogP contribution in [0, 0.1) is 0 Å². The zero-order valence-electron chi connectivity index (χ0n) is 17.4. The fraction of sp³-hybridized carbons (Fsp3) is 1.00. The van der Waals surface area contributed by atoms with E-state index in [9.17, 15) is 96.6 Å². The van der Waals surface area contributed by atoms with Crippen LogP contribution in [0.15, 0.2) is 0 Å². The molecule has 0 aromatic rings. The zero-order valence-corrected chi connectivity index (χ0v) is 17.4. The van der Waals surface area contributed by atoms with E-state index in [2.05, 4.69) is 0 Å². The largest absolute Gasteiger partial charge is 0.458 e. The van der Waals surface area contributed by atoms with E-state index in [-0.39, 0.29) is 0 Å². The van der Waals surface area contributed by atoms with Crippen molar-refractivity contribution in [3.05, 3.63) is 0 Å². The van der Waals surface area contributed by atoms with Crippen molar-refractivity contribution in [2.24, 2.45) is 0 Å². The van der Waals surface area contributed by atoms with E-state index in [1.54, 1.807) is 0 Å². The Labute approximate surface area is 197 Å². The predicted octanol–water partition coefficient (Wildman–Crippen LogP) is 7.74. The van der Waals surface area contributed by atoms with Crippen LogP contribution >= 0.6 is 0 Å². The molecule has 0 radical (unpaired) electrons. The molecule has 236 valence electrons. The Bertz CT molecular complexity index is 853. The predicted molar refractivity (Wildman–Crippen MR) is 70.1 cm³/mol. The molecule has 0 spiro atoms. The Morgan fingerprint density at radius 2 is 0.641 bits per heavy atom. The summed E-state index contributed by atoms with van der Waals surface area (Å²) in [5.74, 6) is -22.1. The molecule has 39 heavy (non-hydrogen) atoms.